The van der Waals surface area contributed by atoms with Gasteiger partial charge < -0.3 is 10.6 Å². The van der Waals surface area contributed by atoms with Gasteiger partial charge in [-0.1, -0.05) is 37.4 Å². The number of carbonyl (C=O) groups is 3. The maximum absolute atomic E-state index is 12.7. The first kappa shape index (κ1) is 18.9. The Morgan fingerprint density at radius 3 is 1.46 bits per heavy atom. The van der Waals surface area contributed by atoms with Crippen molar-refractivity contribution >= 4 is 29.0 Å². The van der Waals surface area contributed by atoms with Gasteiger partial charge in [0.25, 0.3) is 11.8 Å². The number of amides is 2. The van der Waals surface area contributed by atoms with E-state index < -0.39 is 0 Å². The summed E-state index contributed by atoms with van der Waals surface area (Å²) in [4.78, 5) is 36.2. The molecule has 0 fully saturated rings. The highest BCUT2D eigenvalue weighted by atomic mass is 16.2. The number of hydrogen-bond acceptors (Lipinski definition) is 3. The summed E-state index contributed by atoms with van der Waals surface area (Å²) in [5.41, 5.74) is 2.62. The number of anilines is 2. The first-order valence-corrected chi connectivity index (χ1v) is 7.96. The summed E-state index contributed by atoms with van der Waals surface area (Å²) >= 11 is 0. The molecule has 0 spiro atoms. The molecule has 0 unspecified atom stereocenters. The monoisotopic (exact) mass is 348 g/mol. The van der Waals surface area contributed by atoms with Crippen molar-refractivity contribution < 1.29 is 14.4 Å². The third-order valence-corrected chi connectivity index (χ3v) is 3.54. The molecule has 2 rings (SSSR count). The van der Waals surface area contributed by atoms with Gasteiger partial charge >= 0.3 is 0 Å². The molecule has 0 aliphatic carbocycles. The Morgan fingerprint density at radius 1 is 0.731 bits per heavy atom. The molecule has 2 N–H and O–H groups in total. The first-order chi connectivity index (χ1) is 12.3. The van der Waals surface area contributed by atoms with Crippen LogP contribution in [0.1, 0.15) is 29.8 Å². The number of carbonyl (C=O) groups excluding carboxylic acids is 3. The fourth-order valence-corrected chi connectivity index (χ4v) is 2.12. The summed E-state index contributed by atoms with van der Waals surface area (Å²) in [6, 6.07) is 13.3. The van der Waals surface area contributed by atoms with Crippen molar-refractivity contribution in [1.82, 2.24) is 0 Å². The predicted octanol–water partition coefficient (Wildman–Crippen LogP) is 3.95. The standard InChI is InChI=1S/C21H20N2O3/c1-13(2)20(25)22-17-9-5-7-15(11-17)19(24)16-8-6-10-18(12-16)23-21(26)14(3)4/h5-12H,1,3H2,2,4H3,(H,22,25)(H,23,26). The van der Waals surface area contributed by atoms with Crippen LogP contribution in [-0.2, 0) is 9.59 Å². The van der Waals surface area contributed by atoms with Gasteiger partial charge in [0.1, 0.15) is 0 Å². The fourth-order valence-electron chi connectivity index (χ4n) is 2.12. The lowest BCUT2D eigenvalue weighted by Gasteiger charge is -2.09. The fraction of sp³-hybridized carbons (Fsp3) is 0.0952. The Labute approximate surface area is 152 Å². The predicted molar refractivity (Wildman–Crippen MR) is 103 cm³/mol. The molecule has 5 heteroatoms. The zero-order chi connectivity index (χ0) is 19.3. The van der Waals surface area contributed by atoms with E-state index in [2.05, 4.69) is 23.8 Å². The number of rotatable bonds is 6. The second-order valence-corrected chi connectivity index (χ2v) is 5.96. The van der Waals surface area contributed by atoms with Crippen LogP contribution in [0.5, 0.6) is 0 Å². The molecule has 0 heterocycles. The Kier molecular flexibility index (Phi) is 5.86. The molecule has 0 aliphatic rings. The van der Waals surface area contributed by atoms with E-state index in [4.69, 9.17) is 0 Å². The van der Waals surface area contributed by atoms with Gasteiger partial charge in [0, 0.05) is 33.6 Å². The van der Waals surface area contributed by atoms with Crippen molar-refractivity contribution in [2.24, 2.45) is 0 Å². The van der Waals surface area contributed by atoms with Crippen molar-refractivity contribution in [1.29, 1.82) is 0 Å². The largest absolute Gasteiger partial charge is 0.322 e. The number of benzene rings is 2. The summed E-state index contributed by atoms with van der Waals surface area (Å²) in [5.74, 6) is -0.832. The summed E-state index contributed by atoms with van der Waals surface area (Å²) in [7, 11) is 0. The Bertz CT molecular complexity index is 839. The SMILES string of the molecule is C=C(C)C(=O)Nc1cccc(C(=O)c2cccc(NC(=O)C(=C)C)c2)c1. The minimum atomic E-state index is -0.306. The highest BCUT2D eigenvalue weighted by Crippen LogP contribution is 2.18. The van der Waals surface area contributed by atoms with Gasteiger partial charge in [-0.05, 0) is 38.1 Å². The second kappa shape index (κ2) is 8.07. The van der Waals surface area contributed by atoms with E-state index in [0.29, 0.717) is 33.6 Å². The molecule has 0 radical (unpaired) electrons. The lowest BCUT2D eigenvalue weighted by Crippen LogP contribution is -2.13. The van der Waals surface area contributed by atoms with Gasteiger partial charge in [-0.2, -0.15) is 0 Å². The smallest absolute Gasteiger partial charge is 0.250 e. The van der Waals surface area contributed by atoms with E-state index >= 15 is 0 Å². The number of nitrogens with one attached hydrogen (secondary N) is 2. The quantitative estimate of drug-likeness (QED) is 0.613. The van der Waals surface area contributed by atoms with E-state index in [-0.39, 0.29) is 17.6 Å². The summed E-state index contributed by atoms with van der Waals surface area (Å²) < 4.78 is 0. The molecule has 0 aromatic heterocycles. The van der Waals surface area contributed by atoms with Crippen molar-refractivity contribution in [2.45, 2.75) is 13.8 Å². The van der Waals surface area contributed by atoms with Crippen LogP contribution in [-0.4, -0.2) is 17.6 Å². The molecule has 2 amide bonds. The molecule has 0 saturated carbocycles. The Balaban J connectivity index is 2.24. The molecular formula is C21H20N2O3. The normalized spacial score (nSPS) is 9.92. The summed E-state index contributed by atoms with van der Waals surface area (Å²) in [5, 5.41) is 5.36. The second-order valence-electron chi connectivity index (χ2n) is 5.96. The maximum Gasteiger partial charge on any atom is 0.250 e. The van der Waals surface area contributed by atoms with Crippen molar-refractivity contribution in [3.05, 3.63) is 84.0 Å². The minimum Gasteiger partial charge on any atom is -0.322 e. The van der Waals surface area contributed by atoms with Gasteiger partial charge in [-0.25, -0.2) is 0 Å². The molecule has 2 aromatic carbocycles. The highest BCUT2D eigenvalue weighted by molar-refractivity contribution is 6.11. The van der Waals surface area contributed by atoms with Gasteiger partial charge in [-0.3, -0.25) is 14.4 Å². The van der Waals surface area contributed by atoms with Crippen molar-refractivity contribution in [3.8, 4) is 0 Å². The lowest BCUT2D eigenvalue weighted by atomic mass is 10.0. The molecule has 5 nitrogen and oxygen atoms in total. The van der Waals surface area contributed by atoms with Crippen LogP contribution in [0.4, 0.5) is 11.4 Å². The van der Waals surface area contributed by atoms with Crippen LogP contribution < -0.4 is 10.6 Å². The lowest BCUT2D eigenvalue weighted by molar-refractivity contribution is -0.113. The topological polar surface area (TPSA) is 75.3 Å². The van der Waals surface area contributed by atoms with E-state index in [1.807, 2.05) is 0 Å². The van der Waals surface area contributed by atoms with Gasteiger partial charge in [-0.15, -0.1) is 0 Å². The number of ketones is 1. The number of hydrogen-bond donors (Lipinski definition) is 2. The zero-order valence-electron chi connectivity index (χ0n) is 14.8. The summed E-state index contributed by atoms with van der Waals surface area (Å²) in [6.07, 6.45) is 0. The molecule has 132 valence electrons. The van der Waals surface area contributed by atoms with E-state index in [1.54, 1.807) is 62.4 Å². The van der Waals surface area contributed by atoms with E-state index in [0.717, 1.165) is 0 Å². The molecule has 2 aromatic rings. The molecular weight excluding hydrogens is 328 g/mol. The van der Waals surface area contributed by atoms with Crippen LogP contribution in [0, 0.1) is 0 Å². The average molecular weight is 348 g/mol. The highest BCUT2D eigenvalue weighted by Gasteiger charge is 2.12. The molecule has 0 saturated heterocycles. The average Bonchev–Trinajstić information content (AvgIpc) is 2.61. The third kappa shape index (κ3) is 4.77. The van der Waals surface area contributed by atoms with Crippen molar-refractivity contribution in [3.63, 3.8) is 0 Å². The first-order valence-electron chi connectivity index (χ1n) is 7.96. The maximum atomic E-state index is 12.7. The third-order valence-electron chi connectivity index (χ3n) is 3.54. The van der Waals surface area contributed by atoms with E-state index in [9.17, 15) is 14.4 Å². The molecule has 26 heavy (non-hydrogen) atoms. The van der Waals surface area contributed by atoms with Crippen LogP contribution in [0.15, 0.2) is 72.8 Å². The van der Waals surface area contributed by atoms with Gasteiger partial charge in [0.05, 0.1) is 0 Å². The zero-order valence-corrected chi connectivity index (χ0v) is 14.8. The molecule has 0 aliphatic heterocycles. The van der Waals surface area contributed by atoms with Gasteiger partial charge in [0.15, 0.2) is 5.78 Å². The summed E-state index contributed by atoms with van der Waals surface area (Å²) in [6.45, 7) is 10.4. The Hall–Kier alpha value is -3.47. The van der Waals surface area contributed by atoms with Crippen LogP contribution >= 0.6 is 0 Å². The molecule has 0 bridgehead atoms. The minimum absolute atomic E-state index is 0.220. The Morgan fingerprint density at radius 2 is 1.12 bits per heavy atom. The van der Waals surface area contributed by atoms with Crippen LogP contribution in [0.3, 0.4) is 0 Å². The molecule has 0 atom stereocenters. The van der Waals surface area contributed by atoms with E-state index in [1.165, 1.54) is 0 Å². The van der Waals surface area contributed by atoms with Crippen LogP contribution in [0.2, 0.25) is 0 Å². The van der Waals surface area contributed by atoms with Crippen LogP contribution in [0.25, 0.3) is 0 Å². The van der Waals surface area contributed by atoms with Gasteiger partial charge in [0.2, 0.25) is 0 Å². The van der Waals surface area contributed by atoms with Crippen molar-refractivity contribution in [2.75, 3.05) is 10.6 Å².